The predicted molar refractivity (Wildman–Crippen MR) is 112 cm³/mol. The van der Waals surface area contributed by atoms with E-state index in [4.69, 9.17) is 15.2 Å². The lowest BCUT2D eigenvalue weighted by atomic mass is 10.2. The summed E-state index contributed by atoms with van der Waals surface area (Å²) in [6.45, 7) is 2.93. The highest BCUT2D eigenvalue weighted by atomic mass is 32.1. The summed E-state index contributed by atoms with van der Waals surface area (Å²) >= 11 is 1.17. The number of nitrogens with one attached hydrogen (secondary N) is 1. The van der Waals surface area contributed by atoms with Crippen LogP contribution in [-0.4, -0.2) is 35.5 Å². The molecule has 0 radical (unpaired) electrons. The number of hydrogen-bond donors (Lipinski definition) is 2. The number of anilines is 1. The van der Waals surface area contributed by atoms with E-state index in [2.05, 4.69) is 20.7 Å². The number of amides is 1. The van der Waals surface area contributed by atoms with Crippen molar-refractivity contribution >= 4 is 28.6 Å². The van der Waals surface area contributed by atoms with Gasteiger partial charge in [-0.1, -0.05) is 29.0 Å². The standard InChI is InChI=1S/C20H21N5O3S/c1-14-2-6-16(7-3-14)27-10-11-28-17-8-4-15(5-9-17)13-22-23-18(26)12-19-24-25-20(21)29-19/h2-9,13H,10-12H2,1H3,(H2,21,25)(H,23,26). The van der Waals surface area contributed by atoms with Gasteiger partial charge in [0.2, 0.25) is 11.0 Å². The van der Waals surface area contributed by atoms with Crippen molar-refractivity contribution in [2.45, 2.75) is 13.3 Å². The Balaban J connectivity index is 1.37. The lowest BCUT2D eigenvalue weighted by Crippen LogP contribution is -2.19. The third-order valence-electron chi connectivity index (χ3n) is 3.72. The maximum Gasteiger partial charge on any atom is 0.247 e. The second-order valence-electron chi connectivity index (χ2n) is 6.08. The number of hydrazone groups is 1. The van der Waals surface area contributed by atoms with Crippen LogP contribution in [0.25, 0.3) is 0 Å². The molecule has 3 N–H and O–H groups in total. The van der Waals surface area contributed by atoms with Crippen LogP contribution in [0.2, 0.25) is 0 Å². The highest BCUT2D eigenvalue weighted by molar-refractivity contribution is 7.15. The first-order valence-electron chi connectivity index (χ1n) is 8.90. The molecule has 3 rings (SSSR count). The molecular weight excluding hydrogens is 390 g/mol. The lowest BCUT2D eigenvalue weighted by molar-refractivity contribution is -0.120. The maximum absolute atomic E-state index is 11.8. The van der Waals surface area contributed by atoms with Crippen LogP contribution in [0.1, 0.15) is 16.1 Å². The van der Waals surface area contributed by atoms with Gasteiger partial charge in [0.1, 0.15) is 29.7 Å². The molecule has 0 unspecified atom stereocenters. The highest BCUT2D eigenvalue weighted by Gasteiger charge is 2.07. The number of benzene rings is 2. The van der Waals surface area contributed by atoms with Crippen molar-refractivity contribution in [2.75, 3.05) is 18.9 Å². The first kappa shape index (κ1) is 20.3. The zero-order chi connectivity index (χ0) is 20.5. The SMILES string of the molecule is Cc1ccc(OCCOc2ccc(C=NNC(=O)Cc3nnc(N)s3)cc2)cc1. The molecule has 0 saturated carbocycles. The van der Waals surface area contributed by atoms with Crippen LogP contribution in [0.15, 0.2) is 53.6 Å². The number of aromatic nitrogens is 2. The van der Waals surface area contributed by atoms with Crippen molar-refractivity contribution in [2.24, 2.45) is 5.10 Å². The molecule has 150 valence electrons. The Hall–Kier alpha value is -3.46. The van der Waals surface area contributed by atoms with E-state index < -0.39 is 0 Å². The van der Waals surface area contributed by atoms with Gasteiger partial charge in [-0.3, -0.25) is 4.79 Å². The minimum absolute atomic E-state index is 0.0869. The summed E-state index contributed by atoms with van der Waals surface area (Å²) in [6, 6.07) is 15.2. The molecular formula is C20H21N5O3S. The minimum atomic E-state index is -0.286. The lowest BCUT2D eigenvalue weighted by Gasteiger charge is -2.08. The molecule has 0 aliphatic carbocycles. The van der Waals surface area contributed by atoms with E-state index in [9.17, 15) is 4.79 Å². The van der Waals surface area contributed by atoms with Gasteiger partial charge >= 0.3 is 0 Å². The van der Waals surface area contributed by atoms with E-state index in [0.29, 0.717) is 23.4 Å². The Morgan fingerprint density at radius 3 is 2.28 bits per heavy atom. The number of nitrogen functional groups attached to an aromatic ring is 1. The fraction of sp³-hybridized carbons (Fsp3) is 0.200. The van der Waals surface area contributed by atoms with Crippen LogP contribution in [-0.2, 0) is 11.2 Å². The summed E-state index contributed by atoms with van der Waals surface area (Å²) in [5.74, 6) is 1.26. The van der Waals surface area contributed by atoms with E-state index in [1.165, 1.54) is 16.9 Å². The van der Waals surface area contributed by atoms with E-state index >= 15 is 0 Å². The topological polar surface area (TPSA) is 112 Å². The van der Waals surface area contributed by atoms with Gasteiger partial charge in [0.25, 0.3) is 0 Å². The Bertz CT molecular complexity index is 955. The van der Waals surface area contributed by atoms with Gasteiger partial charge in [-0.2, -0.15) is 5.10 Å². The zero-order valence-corrected chi connectivity index (χ0v) is 16.7. The van der Waals surface area contributed by atoms with Crippen LogP contribution in [0.4, 0.5) is 5.13 Å². The molecule has 0 spiro atoms. The monoisotopic (exact) mass is 411 g/mol. The van der Waals surface area contributed by atoms with Gasteiger partial charge in [-0.05, 0) is 48.9 Å². The summed E-state index contributed by atoms with van der Waals surface area (Å²) in [6.07, 6.45) is 1.64. The summed E-state index contributed by atoms with van der Waals surface area (Å²) in [5, 5.41) is 12.3. The first-order valence-corrected chi connectivity index (χ1v) is 9.72. The average Bonchev–Trinajstić information content (AvgIpc) is 3.12. The summed E-state index contributed by atoms with van der Waals surface area (Å²) < 4.78 is 11.3. The second kappa shape index (κ2) is 10.2. The van der Waals surface area contributed by atoms with E-state index in [1.54, 1.807) is 6.21 Å². The quantitative estimate of drug-likeness (QED) is 0.318. The molecule has 2 aromatic carbocycles. The summed E-state index contributed by atoms with van der Waals surface area (Å²) in [5.41, 5.74) is 9.94. The first-order chi connectivity index (χ1) is 14.1. The van der Waals surface area contributed by atoms with Crippen molar-refractivity contribution in [1.82, 2.24) is 15.6 Å². The molecule has 3 aromatic rings. The Kier molecular flexibility index (Phi) is 7.12. The molecule has 8 nitrogen and oxygen atoms in total. The number of carbonyl (C=O) groups is 1. The number of ether oxygens (including phenoxy) is 2. The molecule has 29 heavy (non-hydrogen) atoms. The van der Waals surface area contributed by atoms with Gasteiger partial charge in [0.05, 0.1) is 12.6 Å². The fourth-order valence-corrected chi connectivity index (χ4v) is 2.91. The number of nitrogens with zero attached hydrogens (tertiary/aromatic N) is 3. The van der Waals surface area contributed by atoms with Crippen LogP contribution in [0, 0.1) is 6.92 Å². The van der Waals surface area contributed by atoms with Gasteiger partial charge in [-0.15, -0.1) is 10.2 Å². The molecule has 0 atom stereocenters. The summed E-state index contributed by atoms with van der Waals surface area (Å²) in [4.78, 5) is 11.8. The predicted octanol–water partition coefficient (Wildman–Crippen LogP) is 2.58. The number of aryl methyl sites for hydroxylation is 1. The molecule has 0 aliphatic rings. The molecule has 0 fully saturated rings. The zero-order valence-electron chi connectivity index (χ0n) is 15.9. The smallest absolute Gasteiger partial charge is 0.247 e. The van der Waals surface area contributed by atoms with Gasteiger partial charge in [0.15, 0.2) is 0 Å². The molecule has 9 heteroatoms. The molecule has 1 amide bonds. The summed E-state index contributed by atoms with van der Waals surface area (Å²) in [7, 11) is 0. The number of carbonyl (C=O) groups excluding carboxylic acids is 1. The van der Waals surface area contributed by atoms with Crippen molar-refractivity contribution < 1.29 is 14.3 Å². The third-order valence-corrected chi connectivity index (χ3v) is 4.47. The largest absolute Gasteiger partial charge is 0.490 e. The van der Waals surface area contributed by atoms with Crippen molar-refractivity contribution in [3.05, 3.63) is 64.7 Å². The van der Waals surface area contributed by atoms with Gasteiger partial charge < -0.3 is 15.2 Å². The molecule has 0 bridgehead atoms. The van der Waals surface area contributed by atoms with Crippen LogP contribution >= 0.6 is 11.3 Å². The number of nitrogens with two attached hydrogens (primary N) is 1. The van der Waals surface area contributed by atoms with Crippen LogP contribution in [0.3, 0.4) is 0 Å². The molecule has 0 aliphatic heterocycles. The van der Waals surface area contributed by atoms with Crippen molar-refractivity contribution in [3.8, 4) is 11.5 Å². The van der Waals surface area contributed by atoms with Crippen molar-refractivity contribution in [3.63, 3.8) is 0 Å². The molecule has 1 heterocycles. The second-order valence-corrected chi connectivity index (χ2v) is 7.18. The highest BCUT2D eigenvalue weighted by Crippen LogP contribution is 2.13. The Labute approximate surface area is 172 Å². The van der Waals surface area contributed by atoms with E-state index in [0.717, 1.165) is 17.1 Å². The van der Waals surface area contributed by atoms with Crippen LogP contribution in [0.5, 0.6) is 11.5 Å². The van der Waals surface area contributed by atoms with E-state index in [1.807, 2.05) is 55.5 Å². The van der Waals surface area contributed by atoms with Gasteiger partial charge in [-0.25, -0.2) is 5.43 Å². The van der Waals surface area contributed by atoms with Crippen LogP contribution < -0.4 is 20.6 Å². The maximum atomic E-state index is 11.8. The third kappa shape index (κ3) is 6.89. The Morgan fingerprint density at radius 2 is 1.69 bits per heavy atom. The fourth-order valence-electron chi connectivity index (χ4n) is 2.30. The number of rotatable bonds is 9. The molecule has 1 aromatic heterocycles. The normalized spacial score (nSPS) is 10.8. The molecule has 0 saturated heterocycles. The minimum Gasteiger partial charge on any atom is -0.490 e. The average molecular weight is 411 g/mol. The Morgan fingerprint density at radius 1 is 1.07 bits per heavy atom. The number of hydrogen-bond acceptors (Lipinski definition) is 8. The van der Waals surface area contributed by atoms with E-state index in [-0.39, 0.29) is 12.3 Å². The van der Waals surface area contributed by atoms with Crippen molar-refractivity contribution in [1.29, 1.82) is 0 Å². The van der Waals surface area contributed by atoms with Gasteiger partial charge in [0, 0.05) is 0 Å².